The van der Waals surface area contributed by atoms with Gasteiger partial charge in [0.25, 0.3) is 0 Å². The average molecular weight is 263 g/mol. The van der Waals surface area contributed by atoms with Gasteiger partial charge in [0.2, 0.25) is 5.91 Å². The van der Waals surface area contributed by atoms with Crippen LogP contribution in [0, 0.1) is 12.8 Å². The molecule has 0 saturated carbocycles. The number of nitrogens with zero attached hydrogens (tertiary/aromatic N) is 3. The van der Waals surface area contributed by atoms with Crippen molar-refractivity contribution in [2.75, 3.05) is 26.3 Å². The lowest BCUT2D eigenvalue weighted by atomic mass is 10.0. The van der Waals surface area contributed by atoms with E-state index in [0.717, 1.165) is 39.0 Å². The van der Waals surface area contributed by atoms with Gasteiger partial charge < -0.3 is 9.64 Å². The van der Waals surface area contributed by atoms with Crippen LogP contribution in [0.15, 0.2) is 12.4 Å². The molecule has 19 heavy (non-hydrogen) atoms. The molecule has 0 bridgehead atoms. The number of hydrogen-bond acceptors (Lipinski definition) is 3. The molecule has 0 aromatic carbocycles. The Morgan fingerprint density at radius 2 is 2.37 bits per heavy atom. The van der Waals surface area contributed by atoms with Gasteiger partial charge in [0.05, 0.1) is 24.8 Å². The third kappa shape index (κ3) is 2.66. The maximum Gasteiger partial charge on any atom is 0.228 e. The van der Waals surface area contributed by atoms with Crippen molar-refractivity contribution in [3.05, 3.63) is 18.0 Å². The van der Waals surface area contributed by atoms with Crippen molar-refractivity contribution < 1.29 is 9.53 Å². The highest BCUT2D eigenvalue weighted by Gasteiger charge is 2.31. The quantitative estimate of drug-likeness (QED) is 0.810. The molecule has 104 valence electrons. The summed E-state index contributed by atoms with van der Waals surface area (Å²) in [5, 5.41) is 4.38. The molecule has 0 N–H and O–H groups in total. The van der Waals surface area contributed by atoms with Crippen LogP contribution in [0.25, 0.3) is 0 Å². The number of piperidine rings is 1. The maximum absolute atomic E-state index is 12.4. The Morgan fingerprint density at radius 1 is 1.47 bits per heavy atom. The summed E-state index contributed by atoms with van der Waals surface area (Å²) < 4.78 is 7.33. The highest BCUT2D eigenvalue weighted by molar-refractivity contribution is 5.79. The first-order valence-corrected chi connectivity index (χ1v) is 7.11. The molecule has 2 fully saturated rings. The fraction of sp³-hybridized carbons (Fsp3) is 0.714. The normalized spacial score (nSPS) is 27.7. The lowest BCUT2D eigenvalue weighted by Gasteiger charge is -2.34. The van der Waals surface area contributed by atoms with Crippen LogP contribution in [0.3, 0.4) is 0 Å². The zero-order valence-corrected chi connectivity index (χ0v) is 11.4. The predicted octanol–water partition coefficient (Wildman–Crippen LogP) is 1.39. The molecule has 5 heteroatoms. The smallest absolute Gasteiger partial charge is 0.228 e. The predicted molar refractivity (Wildman–Crippen MR) is 70.7 cm³/mol. The average Bonchev–Trinajstić information content (AvgIpc) is 3.09. The summed E-state index contributed by atoms with van der Waals surface area (Å²) >= 11 is 0. The molecule has 2 aliphatic rings. The molecule has 1 aromatic heterocycles. The van der Waals surface area contributed by atoms with Crippen molar-refractivity contribution in [1.82, 2.24) is 14.7 Å². The van der Waals surface area contributed by atoms with E-state index in [0.29, 0.717) is 12.6 Å². The zero-order chi connectivity index (χ0) is 13.2. The first-order chi connectivity index (χ1) is 9.24. The van der Waals surface area contributed by atoms with E-state index in [-0.39, 0.29) is 11.8 Å². The van der Waals surface area contributed by atoms with Gasteiger partial charge in [0, 0.05) is 25.9 Å². The van der Waals surface area contributed by atoms with Gasteiger partial charge in [0.1, 0.15) is 0 Å². The number of likely N-dealkylation sites (tertiary alicyclic amines) is 1. The highest BCUT2D eigenvalue weighted by atomic mass is 16.5. The van der Waals surface area contributed by atoms with Gasteiger partial charge in [0.15, 0.2) is 0 Å². The van der Waals surface area contributed by atoms with E-state index in [4.69, 9.17) is 4.74 Å². The van der Waals surface area contributed by atoms with E-state index in [1.165, 1.54) is 5.56 Å². The lowest BCUT2D eigenvalue weighted by molar-refractivity contribution is -0.137. The number of amides is 1. The second kappa shape index (κ2) is 5.33. The van der Waals surface area contributed by atoms with Crippen LogP contribution in [0.4, 0.5) is 0 Å². The van der Waals surface area contributed by atoms with Crippen molar-refractivity contribution in [2.45, 2.75) is 32.2 Å². The first-order valence-electron chi connectivity index (χ1n) is 7.11. The summed E-state index contributed by atoms with van der Waals surface area (Å²) in [7, 11) is 0. The Hall–Kier alpha value is -1.36. The second-order valence-electron chi connectivity index (χ2n) is 5.64. The fourth-order valence-corrected chi connectivity index (χ4v) is 2.99. The van der Waals surface area contributed by atoms with Crippen LogP contribution in [0.2, 0.25) is 0 Å². The van der Waals surface area contributed by atoms with Gasteiger partial charge in [-0.15, -0.1) is 0 Å². The number of hydrogen-bond donors (Lipinski definition) is 0. The van der Waals surface area contributed by atoms with Gasteiger partial charge >= 0.3 is 0 Å². The number of carbonyl (C=O) groups excluding carboxylic acids is 1. The second-order valence-corrected chi connectivity index (χ2v) is 5.64. The van der Waals surface area contributed by atoms with Crippen LogP contribution >= 0.6 is 0 Å². The molecule has 0 spiro atoms. The minimum absolute atomic E-state index is 0.0816. The fourth-order valence-electron chi connectivity index (χ4n) is 2.99. The third-order valence-corrected chi connectivity index (χ3v) is 4.09. The minimum Gasteiger partial charge on any atom is -0.381 e. The van der Waals surface area contributed by atoms with Crippen molar-refractivity contribution in [3.8, 4) is 0 Å². The Labute approximate surface area is 113 Å². The Kier molecular flexibility index (Phi) is 3.55. The molecule has 2 atom stereocenters. The molecule has 2 saturated heterocycles. The summed E-state index contributed by atoms with van der Waals surface area (Å²) in [6.07, 6.45) is 6.98. The molecule has 1 aromatic rings. The Bertz CT molecular complexity index is 451. The molecule has 5 nitrogen and oxygen atoms in total. The van der Waals surface area contributed by atoms with Gasteiger partial charge in [-0.3, -0.25) is 9.48 Å². The van der Waals surface area contributed by atoms with Gasteiger partial charge in [-0.2, -0.15) is 5.10 Å². The molecule has 1 amide bonds. The first kappa shape index (κ1) is 12.7. The number of aromatic nitrogens is 2. The van der Waals surface area contributed by atoms with Gasteiger partial charge in [-0.1, -0.05) is 0 Å². The molecular weight excluding hydrogens is 242 g/mol. The SMILES string of the molecule is Cc1cnn([C@H]2CCCN(C(=O)[C@@H]3CCOC3)C2)c1. The number of aryl methyl sites for hydroxylation is 1. The van der Waals surface area contributed by atoms with Crippen molar-refractivity contribution in [2.24, 2.45) is 5.92 Å². The summed E-state index contributed by atoms with van der Waals surface area (Å²) in [5.74, 6) is 0.351. The molecule has 3 rings (SSSR count). The van der Waals surface area contributed by atoms with Crippen LogP contribution in [-0.4, -0.2) is 46.9 Å². The van der Waals surface area contributed by atoms with E-state index in [2.05, 4.69) is 11.3 Å². The zero-order valence-electron chi connectivity index (χ0n) is 11.4. The van der Waals surface area contributed by atoms with E-state index in [1.54, 1.807) is 0 Å². The molecular formula is C14H21N3O2. The van der Waals surface area contributed by atoms with Crippen LogP contribution in [0.1, 0.15) is 30.9 Å². The van der Waals surface area contributed by atoms with E-state index in [1.807, 2.05) is 22.7 Å². The van der Waals surface area contributed by atoms with Crippen LogP contribution < -0.4 is 0 Å². The lowest BCUT2D eigenvalue weighted by Crippen LogP contribution is -2.43. The molecule has 0 radical (unpaired) electrons. The molecule has 2 aliphatic heterocycles. The van der Waals surface area contributed by atoms with E-state index < -0.39 is 0 Å². The van der Waals surface area contributed by atoms with Crippen LogP contribution in [-0.2, 0) is 9.53 Å². The number of rotatable bonds is 2. The minimum atomic E-state index is 0.0816. The van der Waals surface area contributed by atoms with Gasteiger partial charge in [-0.05, 0) is 31.7 Å². The van der Waals surface area contributed by atoms with E-state index in [9.17, 15) is 4.79 Å². The summed E-state index contributed by atoms with van der Waals surface area (Å²) in [6, 6.07) is 0.328. The van der Waals surface area contributed by atoms with Gasteiger partial charge in [-0.25, -0.2) is 0 Å². The third-order valence-electron chi connectivity index (χ3n) is 4.09. The summed E-state index contributed by atoms with van der Waals surface area (Å²) in [6.45, 7) is 5.04. The van der Waals surface area contributed by atoms with Crippen molar-refractivity contribution in [3.63, 3.8) is 0 Å². The van der Waals surface area contributed by atoms with Crippen LogP contribution in [0.5, 0.6) is 0 Å². The van der Waals surface area contributed by atoms with Crippen molar-refractivity contribution >= 4 is 5.91 Å². The largest absolute Gasteiger partial charge is 0.381 e. The number of ether oxygens (including phenoxy) is 1. The Balaban J connectivity index is 1.65. The molecule has 3 heterocycles. The maximum atomic E-state index is 12.4. The monoisotopic (exact) mass is 263 g/mol. The molecule has 0 unspecified atom stereocenters. The standard InChI is InChI=1S/C14H21N3O2/c1-11-7-15-17(8-11)13-3-2-5-16(9-13)14(18)12-4-6-19-10-12/h7-8,12-13H,2-6,9-10H2,1H3/t12-,13+/m1/s1. The van der Waals surface area contributed by atoms with E-state index >= 15 is 0 Å². The highest BCUT2D eigenvalue weighted by Crippen LogP contribution is 2.24. The summed E-state index contributed by atoms with van der Waals surface area (Å²) in [5.41, 5.74) is 1.17. The topological polar surface area (TPSA) is 47.4 Å². The molecule has 0 aliphatic carbocycles. The Morgan fingerprint density at radius 3 is 3.05 bits per heavy atom. The summed E-state index contributed by atoms with van der Waals surface area (Å²) in [4.78, 5) is 14.4. The number of carbonyl (C=O) groups is 1. The van der Waals surface area contributed by atoms with Crippen molar-refractivity contribution in [1.29, 1.82) is 0 Å².